The molecule has 3 N–H and O–H groups in total. The molecule has 0 bridgehead atoms. The molecule has 0 fully saturated rings. The van der Waals surface area contributed by atoms with Crippen molar-refractivity contribution in [1.29, 1.82) is 0 Å². The maximum absolute atomic E-state index is 13.1. The molecule has 0 aromatic carbocycles. The first-order valence-electron chi connectivity index (χ1n) is 38.6. The lowest BCUT2D eigenvalue weighted by molar-refractivity contribution is -0.161. The molecule has 19 heteroatoms. The molecule has 0 spiro atoms. The van der Waals surface area contributed by atoms with Crippen LogP contribution in [0.5, 0.6) is 0 Å². The molecule has 0 amide bonds. The molecule has 5 atom stereocenters. The van der Waals surface area contributed by atoms with Crippen LogP contribution in [0, 0.1) is 0 Å². The summed E-state index contributed by atoms with van der Waals surface area (Å²) in [5, 5.41) is 10.6. The van der Waals surface area contributed by atoms with Gasteiger partial charge in [-0.15, -0.1) is 0 Å². The lowest BCUT2D eigenvalue weighted by Crippen LogP contribution is -2.30. The van der Waals surface area contributed by atoms with Crippen LogP contribution in [0.15, 0.2) is 24.3 Å². The topological polar surface area (TPSA) is 237 Å². The van der Waals surface area contributed by atoms with E-state index in [0.29, 0.717) is 25.7 Å². The third-order valence-corrected chi connectivity index (χ3v) is 18.8. The van der Waals surface area contributed by atoms with Crippen molar-refractivity contribution in [2.24, 2.45) is 0 Å². The third-order valence-electron chi connectivity index (χ3n) is 16.9. The predicted molar refractivity (Wildman–Crippen MR) is 381 cm³/mol. The van der Waals surface area contributed by atoms with E-state index in [1.807, 2.05) is 0 Å². The van der Waals surface area contributed by atoms with Crippen molar-refractivity contribution in [3.63, 3.8) is 0 Å². The number of aliphatic hydroxyl groups is 1. The number of phosphoric acid groups is 2. The van der Waals surface area contributed by atoms with E-state index in [4.69, 9.17) is 37.0 Å². The van der Waals surface area contributed by atoms with Crippen LogP contribution in [0.3, 0.4) is 0 Å². The number of ether oxygens (including phenoxy) is 4. The molecule has 0 rings (SSSR count). The molecule has 0 radical (unpaired) electrons. The summed E-state index contributed by atoms with van der Waals surface area (Å²) in [4.78, 5) is 72.8. The zero-order chi connectivity index (χ0) is 69.0. The Morgan fingerprint density at radius 2 is 0.489 bits per heavy atom. The quantitative estimate of drug-likeness (QED) is 0.0169. The van der Waals surface area contributed by atoms with E-state index >= 15 is 0 Å². The summed E-state index contributed by atoms with van der Waals surface area (Å²) >= 11 is 0. The van der Waals surface area contributed by atoms with Gasteiger partial charge < -0.3 is 33.8 Å². The van der Waals surface area contributed by atoms with Gasteiger partial charge in [-0.05, 0) is 77.0 Å². The Balaban J connectivity index is 5.29. The van der Waals surface area contributed by atoms with E-state index < -0.39 is 97.5 Å². The lowest BCUT2D eigenvalue weighted by atomic mass is 10.0. The molecule has 94 heavy (non-hydrogen) atoms. The standard InChI is InChI=1S/C75H142O17P2/c1-5-9-13-17-21-25-29-33-34-38-42-46-50-54-58-62-75(80)92-71(66-86-73(78)60-56-52-48-44-40-36-31-27-23-19-15-11-7-3)68-90-94(83,84)88-64-69(76)63-87-93(81,82)89-67-70(91-74(79)61-57-53-49-45-41-37-32-28-24-20-16-12-8-4)65-85-72(77)59-55-51-47-43-39-35-30-26-22-18-14-10-6-2/h25,27,29,31,69-71,76H,5-24,26,28,30,32-68H2,1-4H3,(H,81,82)(H,83,84)/b29-25-,31-27-/t69-,70+,71+/m0/s1. The molecule has 0 saturated heterocycles. The van der Waals surface area contributed by atoms with Gasteiger partial charge in [0.15, 0.2) is 12.2 Å². The molecule has 554 valence electrons. The number of unbranched alkanes of at least 4 members (excludes halogenated alkanes) is 44. The molecule has 0 aliphatic carbocycles. The van der Waals surface area contributed by atoms with E-state index in [1.54, 1.807) is 0 Å². The Kier molecular flexibility index (Phi) is 67.2. The highest BCUT2D eigenvalue weighted by Crippen LogP contribution is 2.45. The van der Waals surface area contributed by atoms with Crippen molar-refractivity contribution in [1.82, 2.24) is 0 Å². The number of phosphoric ester groups is 2. The van der Waals surface area contributed by atoms with E-state index in [0.717, 1.165) is 135 Å². The molecular weight excluding hydrogens is 1230 g/mol. The van der Waals surface area contributed by atoms with Crippen LogP contribution < -0.4 is 0 Å². The Morgan fingerprint density at radius 1 is 0.287 bits per heavy atom. The summed E-state index contributed by atoms with van der Waals surface area (Å²) in [5.74, 6) is -2.14. The average molecular weight is 1380 g/mol. The second-order valence-corrected chi connectivity index (χ2v) is 29.2. The third kappa shape index (κ3) is 68.1. The van der Waals surface area contributed by atoms with E-state index in [2.05, 4.69) is 52.0 Å². The summed E-state index contributed by atoms with van der Waals surface area (Å²) in [7, 11) is -9.92. The van der Waals surface area contributed by atoms with Crippen molar-refractivity contribution in [3.05, 3.63) is 24.3 Å². The summed E-state index contributed by atoms with van der Waals surface area (Å²) in [6, 6.07) is 0. The molecule has 0 heterocycles. The van der Waals surface area contributed by atoms with E-state index in [1.165, 1.54) is 161 Å². The molecule has 0 aromatic rings. The largest absolute Gasteiger partial charge is 0.472 e. The fraction of sp³-hybridized carbons (Fsp3) is 0.893. The van der Waals surface area contributed by atoms with Gasteiger partial charge >= 0.3 is 39.5 Å². The SMILES string of the molecule is CCCCCC/C=C\CCCCCCCCCC(=O)O[C@H](COC(=O)CCCCCCC/C=C\CCCCCC)COP(=O)(O)OC[C@@H](O)COP(=O)(O)OC[C@@H](COC(=O)CCCCCCCCCCCCCCC)OC(=O)CCCCCCCCCCCCCCC. The van der Waals surface area contributed by atoms with Crippen LogP contribution in [0.2, 0.25) is 0 Å². The van der Waals surface area contributed by atoms with Crippen LogP contribution in [-0.4, -0.2) is 96.7 Å². The molecular formula is C75H142O17P2. The first kappa shape index (κ1) is 91.5. The van der Waals surface area contributed by atoms with Gasteiger partial charge in [-0.3, -0.25) is 37.3 Å². The minimum atomic E-state index is -4.96. The second-order valence-electron chi connectivity index (χ2n) is 26.3. The highest BCUT2D eigenvalue weighted by atomic mass is 31.2. The number of esters is 4. The molecule has 17 nitrogen and oxygen atoms in total. The maximum atomic E-state index is 13.1. The monoisotopic (exact) mass is 1380 g/mol. The zero-order valence-electron chi connectivity index (χ0n) is 60.4. The van der Waals surface area contributed by atoms with Gasteiger partial charge in [0.2, 0.25) is 0 Å². The van der Waals surface area contributed by atoms with Crippen molar-refractivity contribution < 1.29 is 80.2 Å². The van der Waals surface area contributed by atoms with Crippen molar-refractivity contribution in [3.8, 4) is 0 Å². The number of rotatable bonds is 74. The number of hydrogen-bond acceptors (Lipinski definition) is 15. The zero-order valence-corrected chi connectivity index (χ0v) is 62.2. The van der Waals surface area contributed by atoms with E-state index in [9.17, 15) is 43.2 Å². The normalized spacial score (nSPS) is 14.1. The van der Waals surface area contributed by atoms with Gasteiger partial charge in [-0.25, -0.2) is 9.13 Å². The van der Waals surface area contributed by atoms with E-state index in [-0.39, 0.29) is 25.7 Å². The van der Waals surface area contributed by atoms with Gasteiger partial charge in [0.1, 0.15) is 19.3 Å². The number of aliphatic hydroxyl groups excluding tert-OH is 1. The number of carbonyl (C=O) groups is 4. The summed E-state index contributed by atoms with van der Waals surface area (Å²) in [6.45, 7) is 4.92. The highest BCUT2D eigenvalue weighted by molar-refractivity contribution is 7.47. The van der Waals surface area contributed by atoms with Gasteiger partial charge in [0.05, 0.1) is 26.4 Å². The number of hydrogen-bond donors (Lipinski definition) is 3. The Hall–Kier alpha value is -2.46. The molecule has 2 unspecified atom stereocenters. The first-order valence-corrected chi connectivity index (χ1v) is 41.6. The summed E-state index contributed by atoms with van der Waals surface area (Å²) in [6.07, 6.45) is 61.6. The maximum Gasteiger partial charge on any atom is 0.472 e. The fourth-order valence-corrected chi connectivity index (χ4v) is 12.6. The lowest BCUT2D eigenvalue weighted by Gasteiger charge is -2.21. The van der Waals surface area contributed by atoms with Gasteiger partial charge in [-0.1, -0.05) is 296 Å². The van der Waals surface area contributed by atoms with Crippen LogP contribution in [-0.2, 0) is 65.4 Å². The Morgan fingerprint density at radius 3 is 0.745 bits per heavy atom. The average Bonchev–Trinajstić information content (AvgIpc) is 2.26. The smallest absolute Gasteiger partial charge is 0.462 e. The van der Waals surface area contributed by atoms with Gasteiger partial charge in [-0.2, -0.15) is 0 Å². The summed E-state index contributed by atoms with van der Waals surface area (Å²) < 4.78 is 68.5. The van der Waals surface area contributed by atoms with Crippen molar-refractivity contribution in [2.75, 3.05) is 39.6 Å². The van der Waals surface area contributed by atoms with Crippen molar-refractivity contribution >= 4 is 39.5 Å². The highest BCUT2D eigenvalue weighted by Gasteiger charge is 2.30. The summed E-state index contributed by atoms with van der Waals surface area (Å²) in [5.41, 5.74) is 0. The number of carbonyl (C=O) groups excluding carboxylic acids is 4. The van der Waals surface area contributed by atoms with Gasteiger partial charge in [0.25, 0.3) is 0 Å². The molecule has 0 saturated carbocycles. The molecule has 0 aliphatic heterocycles. The minimum absolute atomic E-state index is 0.0957. The van der Waals surface area contributed by atoms with Crippen LogP contribution in [0.1, 0.15) is 374 Å². The predicted octanol–water partition coefficient (Wildman–Crippen LogP) is 21.8. The van der Waals surface area contributed by atoms with Crippen LogP contribution in [0.25, 0.3) is 0 Å². The Bertz CT molecular complexity index is 1880. The second kappa shape index (κ2) is 69.0. The Labute approximate surface area is 573 Å². The first-order chi connectivity index (χ1) is 45.7. The minimum Gasteiger partial charge on any atom is -0.462 e. The fourth-order valence-electron chi connectivity index (χ4n) is 11.0. The van der Waals surface area contributed by atoms with Crippen LogP contribution in [0.4, 0.5) is 0 Å². The van der Waals surface area contributed by atoms with Gasteiger partial charge in [0, 0.05) is 25.7 Å². The number of allylic oxidation sites excluding steroid dienone is 4. The molecule has 0 aliphatic rings. The van der Waals surface area contributed by atoms with Crippen LogP contribution >= 0.6 is 15.6 Å². The molecule has 0 aromatic heterocycles. The van der Waals surface area contributed by atoms with Crippen molar-refractivity contribution in [2.45, 2.75) is 393 Å².